The minimum Gasteiger partial charge on any atom is -0.494 e. The summed E-state index contributed by atoms with van der Waals surface area (Å²) in [6.45, 7) is 5.72. The third-order valence-corrected chi connectivity index (χ3v) is 7.97. The van der Waals surface area contributed by atoms with Gasteiger partial charge in [0.15, 0.2) is 0 Å². The van der Waals surface area contributed by atoms with E-state index in [0.29, 0.717) is 25.4 Å². The predicted molar refractivity (Wildman–Crippen MR) is 150 cm³/mol. The van der Waals surface area contributed by atoms with Gasteiger partial charge in [-0.2, -0.15) is 4.72 Å². The van der Waals surface area contributed by atoms with Crippen LogP contribution >= 0.6 is 0 Å². The second-order valence-electron chi connectivity index (χ2n) is 9.21. The van der Waals surface area contributed by atoms with Gasteiger partial charge in [0, 0.05) is 32.7 Å². The van der Waals surface area contributed by atoms with E-state index in [1.54, 1.807) is 17.0 Å². The van der Waals surface area contributed by atoms with Crippen molar-refractivity contribution in [1.82, 2.24) is 14.5 Å². The van der Waals surface area contributed by atoms with E-state index in [9.17, 15) is 13.2 Å². The molecule has 1 aliphatic heterocycles. The average molecular weight is 534 g/mol. The van der Waals surface area contributed by atoms with Gasteiger partial charge in [0.05, 0.1) is 11.5 Å². The standard InChI is InChI=1S/C30H35N3O4S/c1-2-37-27-15-17-28(18-16-27)38(35,36)31-29(24-26-12-7-4-8-13-26)30(34)33-22-20-32(21-23-33)19-9-14-25-10-5-3-6-11-25/h3-18,29,31H,2,19-24H2,1H3/b14-9+/t29-/m1/s1. The predicted octanol–water partition coefficient (Wildman–Crippen LogP) is 3.83. The van der Waals surface area contributed by atoms with Crippen LogP contribution in [0.15, 0.2) is 95.9 Å². The molecule has 38 heavy (non-hydrogen) atoms. The summed E-state index contributed by atoms with van der Waals surface area (Å²) in [5, 5.41) is 0. The van der Waals surface area contributed by atoms with Gasteiger partial charge in [0.1, 0.15) is 11.8 Å². The number of hydrogen-bond acceptors (Lipinski definition) is 5. The van der Waals surface area contributed by atoms with Crippen molar-refractivity contribution in [3.63, 3.8) is 0 Å². The van der Waals surface area contributed by atoms with Crippen LogP contribution in [0.2, 0.25) is 0 Å². The quantitative estimate of drug-likeness (QED) is 0.405. The van der Waals surface area contributed by atoms with E-state index in [1.807, 2.05) is 55.5 Å². The Morgan fingerprint density at radius 1 is 0.921 bits per heavy atom. The topological polar surface area (TPSA) is 78.9 Å². The maximum Gasteiger partial charge on any atom is 0.241 e. The van der Waals surface area contributed by atoms with Crippen molar-refractivity contribution in [2.24, 2.45) is 0 Å². The molecule has 0 saturated carbocycles. The highest BCUT2D eigenvalue weighted by Crippen LogP contribution is 2.18. The number of carbonyl (C=O) groups is 1. The van der Waals surface area contributed by atoms with E-state index in [0.717, 1.165) is 30.8 Å². The highest BCUT2D eigenvalue weighted by Gasteiger charge is 2.31. The van der Waals surface area contributed by atoms with Gasteiger partial charge >= 0.3 is 0 Å². The molecule has 0 aliphatic carbocycles. The fourth-order valence-electron chi connectivity index (χ4n) is 4.44. The Labute approximate surface area is 225 Å². The number of rotatable bonds is 11. The van der Waals surface area contributed by atoms with Gasteiger partial charge in [-0.1, -0.05) is 72.8 Å². The van der Waals surface area contributed by atoms with Gasteiger partial charge in [-0.15, -0.1) is 0 Å². The van der Waals surface area contributed by atoms with Gasteiger partial charge in [0.2, 0.25) is 15.9 Å². The summed E-state index contributed by atoms with van der Waals surface area (Å²) in [5.74, 6) is 0.391. The van der Waals surface area contributed by atoms with E-state index < -0.39 is 16.1 Å². The van der Waals surface area contributed by atoms with Crippen LogP contribution < -0.4 is 9.46 Å². The van der Waals surface area contributed by atoms with Crippen LogP contribution in [0.4, 0.5) is 0 Å². The first-order chi connectivity index (χ1) is 18.4. The molecule has 7 nitrogen and oxygen atoms in total. The summed E-state index contributed by atoms with van der Waals surface area (Å²) < 4.78 is 34.6. The first kappa shape index (κ1) is 27.6. The molecule has 0 aromatic heterocycles. The molecule has 0 unspecified atom stereocenters. The van der Waals surface area contributed by atoms with E-state index >= 15 is 0 Å². The molecule has 3 aromatic rings. The molecule has 1 N–H and O–H groups in total. The number of benzene rings is 3. The Bertz CT molecular complexity index is 1290. The highest BCUT2D eigenvalue weighted by molar-refractivity contribution is 7.89. The highest BCUT2D eigenvalue weighted by atomic mass is 32.2. The van der Waals surface area contributed by atoms with Crippen molar-refractivity contribution in [2.45, 2.75) is 24.3 Å². The fourth-order valence-corrected chi connectivity index (χ4v) is 5.63. The molecule has 1 heterocycles. The number of ether oxygens (including phenoxy) is 1. The number of piperazine rings is 1. The van der Waals surface area contributed by atoms with Crippen LogP contribution in [-0.2, 0) is 21.2 Å². The Hall–Kier alpha value is -3.46. The molecule has 3 aromatic carbocycles. The minimum absolute atomic E-state index is 0.0989. The molecule has 1 amide bonds. The number of nitrogens with zero attached hydrogens (tertiary/aromatic N) is 2. The van der Waals surface area contributed by atoms with Gasteiger partial charge in [-0.3, -0.25) is 9.69 Å². The zero-order valence-corrected chi connectivity index (χ0v) is 22.5. The number of sulfonamides is 1. The number of hydrogen-bond donors (Lipinski definition) is 1. The summed E-state index contributed by atoms with van der Waals surface area (Å²) in [6.07, 6.45) is 4.51. The SMILES string of the molecule is CCOc1ccc(S(=O)(=O)N[C@H](Cc2ccccc2)C(=O)N2CCN(C/C=C/c3ccccc3)CC2)cc1. The minimum atomic E-state index is -3.92. The maximum absolute atomic E-state index is 13.6. The van der Waals surface area contributed by atoms with E-state index in [4.69, 9.17) is 4.74 Å². The Balaban J connectivity index is 1.41. The molecule has 1 saturated heterocycles. The van der Waals surface area contributed by atoms with Gasteiger partial charge in [0.25, 0.3) is 0 Å². The lowest BCUT2D eigenvalue weighted by Gasteiger charge is -2.36. The second kappa shape index (κ2) is 13.4. The van der Waals surface area contributed by atoms with Crippen molar-refractivity contribution in [3.8, 4) is 5.75 Å². The summed E-state index contributed by atoms with van der Waals surface area (Å²) in [4.78, 5) is 17.8. The van der Waals surface area contributed by atoms with E-state index in [1.165, 1.54) is 12.1 Å². The van der Waals surface area contributed by atoms with Crippen molar-refractivity contribution in [1.29, 1.82) is 0 Å². The monoisotopic (exact) mass is 533 g/mol. The number of carbonyl (C=O) groups excluding carboxylic acids is 1. The van der Waals surface area contributed by atoms with Crippen LogP contribution in [-0.4, -0.2) is 69.5 Å². The van der Waals surface area contributed by atoms with Gasteiger partial charge < -0.3 is 9.64 Å². The zero-order valence-electron chi connectivity index (χ0n) is 21.7. The van der Waals surface area contributed by atoms with Crippen LogP contribution in [0.1, 0.15) is 18.1 Å². The zero-order chi connectivity index (χ0) is 26.8. The Morgan fingerprint density at radius 2 is 1.55 bits per heavy atom. The van der Waals surface area contributed by atoms with E-state index in [-0.39, 0.29) is 17.2 Å². The fraction of sp³-hybridized carbons (Fsp3) is 0.300. The number of amides is 1. The lowest BCUT2D eigenvalue weighted by Crippen LogP contribution is -2.55. The van der Waals surface area contributed by atoms with Crippen molar-refractivity contribution < 1.29 is 17.9 Å². The molecular weight excluding hydrogens is 498 g/mol. The summed E-state index contributed by atoms with van der Waals surface area (Å²) in [5.41, 5.74) is 2.05. The van der Waals surface area contributed by atoms with Gasteiger partial charge in [-0.05, 0) is 48.7 Å². The van der Waals surface area contributed by atoms with Crippen LogP contribution in [0.25, 0.3) is 6.08 Å². The molecule has 8 heteroatoms. The van der Waals surface area contributed by atoms with Crippen LogP contribution in [0, 0.1) is 0 Å². The normalized spacial score (nSPS) is 15.4. The largest absolute Gasteiger partial charge is 0.494 e. The lowest BCUT2D eigenvalue weighted by molar-refractivity contribution is -0.134. The average Bonchev–Trinajstić information content (AvgIpc) is 2.94. The molecule has 1 atom stereocenters. The third kappa shape index (κ3) is 7.77. The molecule has 0 bridgehead atoms. The second-order valence-corrected chi connectivity index (χ2v) is 10.9. The Morgan fingerprint density at radius 3 is 2.18 bits per heavy atom. The molecule has 0 radical (unpaired) electrons. The molecular formula is C30H35N3O4S. The van der Waals surface area contributed by atoms with Crippen LogP contribution in [0.5, 0.6) is 5.75 Å². The molecule has 0 spiro atoms. The maximum atomic E-state index is 13.6. The molecule has 4 rings (SSSR count). The first-order valence-electron chi connectivity index (χ1n) is 13.0. The summed E-state index contributed by atoms with van der Waals surface area (Å²) in [7, 11) is -3.92. The molecule has 1 aliphatic rings. The molecule has 1 fully saturated rings. The number of nitrogens with one attached hydrogen (secondary N) is 1. The summed E-state index contributed by atoms with van der Waals surface area (Å²) in [6, 6.07) is 25.0. The van der Waals surface area contributed by atoms with E-state index in [2.05, 4.69) is 33.9 Å². The Kier molecular flexibility index (Phi) is 9.70. The van der Waals surface area contributed by atoms with Crippen molar-refractivity contribution in [2.75, 3.05) is 39.3 Å². The molecule has 200 valence electrons. The van der Waals surface area contributed by atoms with Crippen molar-refractivity contribution >= 4 is 22.0 Å². The van der Waals surface area contributed by atoms with Crippen LogP contribution in [0.3, 0.4) is 0 Å². The lowest BCUT2D eigenvalue weighted by atomic mass is 10.1. The van der Waals surface area contributed by atoms with Crippen molar-refractivity contribution in [3.05, 3.63) is 102 Å². The smallest absolute Gasteiger partial charge is 0.241 e. The third-order valence-electron chi connectivity index (χ3n) is 6.48. The summed E-state index contributed by atoms with van der Waals surface area (Å²) >= 11 is 0. The van der Waals surface area contributed by atoms with Gasteiger partial charge in [-0.25, -0.2) is 8.42 Å². The first-order valence-corrected chi connectivity index (χ1v) is 14.4.